The normalized spacial score (nSPS) is 29.3. The highest BCUT2D eigenvalue weighted by Gasteiger charge is 2.63. The molecule has 5 rings (SSSR count). The summed E-state index contributed by atoms with van der Waals surface area (Å²) in [6, 6.07) is -1.83. The Bertz CT molecular complexity index is 1480. The summed E-state index contributed by atoms with van der Waals surface area (Å²) in [5, 5.41) is 47.6. The number of anilines is 1. The van der Waals surface area contributed by atoms with Crippen LogP contribution in [0.1, 0.15) is 41.8 Å². The fourth-order valence-electron chi connectivity index (χ4n) is 7.18. The molecule has 12 nitrogen and oxygen atoms in total. The summed E-state index contributed by atoms with van der Waals surface area (Å²) in [7, 11) is 3.05. The topological polar surface area (TPSA) is 194 Å². The number of Topliss-reactive ketones (excluding diaryl/α,β-unsaturated/α-hetero) is 2. The molecule has 0 aromatic heterocycles. The molecule has 1 aromatic carbocycles. The van der Waals surface area contributed by atoms with Crippen LogP contribution in [0.15, 0.2) is 22.7 Å². The Morgan fingerprint density at radius 3 is 2.29 bits per heavy atom. The molecule has 1 aromatic rings. The lowest BCUT2D eigenvalue weighted by Crippen LogP contribution is -2.63. The van der Waals surface area contributed by atoms with Crippen molar-refractivity contribution in [2.45, 2.75) is 50.8 Å². The van der Waals surface area contributed by atoms with Gasteiger partial charge in [-0.1, -0.05) is 13.8 Å². The Balaban J connectivity index is 1.68. The Hall–Kier alpha value is -3.81. The highest BCUT2D eigenvalue weighted by Crippen LogP contribution is 2.53. The van der Waals surface area contributed by atoms with Crippen LogP contribution < -0.4 is 11.1 Å². The molecule has 7 N–H and O–H groups in total. The molecule has 5 atom stereocenters. The molecule has 13 heteroatoms. The molecule has 1 unspecified atom stereocenters. The van der Waals surface area contributed by atoms with Crippen LogP contribution >= 0.6 is 0 Å². The van der Waals surface area contributed by atoms with E-state index in [9.17, 15) is 39.6 Å². The molecule has 0 saturated heterocycles. The number of rotatable bonds is 5. The molecule has 220 valence electrons. The number of phenolic OH excluding ortho intramolecular Hbond substituents is 1. The molecule has 4 aliphatic rings. The number of aliphatic hydroxyl groups is 3. The van der Waals surface area contributed by atoms with Gasteiger partial charge in [0.05, 0.1) is 23.3 Å². The smallest absolute Gasteiger partial charge is 0.255 e. The van der Waals surface area contributed by atoms with Crippen molar-refractivity contribution in [3.63, 3.8) is 0 Å². The number of phenols is 1. The quantitative estimate of drug-likeness (QED) is 0.213. The first-order chi connectivity index (χ1) is 19.2. The molecule has 41 heavy (non-hydrogen) atoms. The lowest BCUT2D eigenvalue weighted by Gasteiger charge is -2.50. The van der Waals surface area contributed by atoms with Crippen molar-refractivity contribution in [1.29, 1.82) is 0 Å². The van der Waals surface area contributed by atoms with E-state index in [1.165, 1.54) is 19.0 Å². The maximum atomic E-state index is 16.2. The standard InChI is InChI=1S/C28H33FN4O8/c1-5-33(6-2)14-9-12-18(29)11-7-10-8-13-20(32(3)4)23(36)17(26(30)39)25(38)28(13,41)24(37)15(10)21(34)16(11)22(35)19(12)31-27(14)40/h10,13-14,20,35-37,41H,5-9H2,1-4H3,(H2,30,39)(H,31,40)/t10-,13-,14?,20-,28-/m0/s1. The van der Waals surface area contributed by atoms with Crippen molar-refractivity contribution in [2.24, 2.45) is 17.6 Å². The van der Waals surface area contributed by atoms with E-state index in [0.717, 1.165) is 0 Å². The number of hydrogen-bond acceptors (Lipinski definition) is 10. The van der Waals surface area contributed by atoms with Gasteiger partial charge in [0.15, 0.2) is 17.1 Å². The van der Waals surface area contributed by atoms with E-state index >= 15 is 4.39 Å². The monoisotopic (exact) mass is 572 g/mol. The van der Waals surface area contributed by atoms with Crippen molar-refractivity contribution >= 4 is 29.1 Å². The highest BCUT2D eigenvalue weighted by molar-refractivity contribution is 6.25. The fraction of sp³-hybridized carbons (Fsp3) is 0.500. The first-order valence-electron chi connectivity index (χ1n) is 13.5. The van der Waals surface area contributed by atoms with Gasteiger partial charge in [-0.3, -0.25) is 29.0 Å². The second kappa shape index (κ2) is 9.64. The predicted molar refractivity (Wildman–Crippen MR) is 143 cm³/mol. The number of nitrogens with zero attached hydrogens (tertiary/aromatic N) is 2. The van der Waals surface area contributed by atoms with Gasteiger partial charge < -0.3 is 31.5 Å². The van der Waals surface area contributed by atoms with E-state index in [1.807, 2.05) is 18.7 Å². The summed E-state index contributed by atoms with van der Waals surface area (Å²) in [5.74, 6) is -9.44. The van der Waals surface area contributed by atoms with Gasteiger partial charge in [-0.05, 0) is 45.9 Å². The number of amides is 2. The zero-order valence-corrected chi connectivity index (χ0v) is 23.1. The van der Waals surface area contributed by atoms with Crippen molar-refractivity contribution in [1.82, 2.24) is 9.80 Å². The third-order valence-corrected chi connectivity index (χ3v) is 9.12. The van der Waals surface area contributed by atoms with Crippen molar-refractivity contribution in [2.75, 3.05) is 32.5 Å². The van der Waals surface area contributed by atoms with Crippen LogP contribution in [-0.4, -0.2) is 98.5 Å². The number of carbonyl (C=O) groups excluding carboxylic acids is 4. The van der Waals surface area contributed by atoms with E-state index in [2.05, 4.69) is 5.32 Å². The third kappa shape index (κ3) is 3.75. The highest BCUT2D eigenvalue weighted by atomic mass is 19.1. The maximum absolute atomic E-state index is 16.2. The Kier molecular flexibility index (Phi) is 6.75. The second-order valence-electron chi connectivity index (χ2n) is 11.3. The number of allylic oxidation sites excluding steroid dienone is 1. The summed E-state index contributed by atoms with van der Waals surface area (Å²) in [6.45, 7) is 4.80. The molecule has 0 saturated carbocycles. The van der Waals surface area contributed by atoms with Crippen LogP contribution in [0.4, 0.5) is 10.1 Å². The molecule has 2 amide bonds. The van der Waals surface area contributed by atoms with Crippen LogP contribution in [0.3, 0.4) is 0 Å². The lowest BCUT2D eigenvalue weighted by atomic mass is 9.58. The van der Waals surface area contributed by atoms with Crippen LogP contribution in [0.2, 0.25) is 0 Å². The van der Waals surface area contributed by atoms with Gasteiger partial charge in [0.25, 0.3) is 5.91 Å². The number of benzene rings is 1. The molecule has 1 heterocycles. The number of primary amides is 1. The van der Waals surface area contributed by atoms with E-state index in [-0.39, 0.29) is 36.1 Å². The number of fused-ring (bicyclic) bond motifs is 4. The molecule has 0 spiro atoms. The molecular formula is C28H33FN4O8. The minimum Gasteiger partial charge on any atom is -0.510 e. The number of aliphatic hydroxyl groups excluding tert-OH is 2. The van der Waals surface area contributed by atoms with Gasteiger partial charge in [-0.25, -0.2) is 4.39 Å². The van der Waals surface area contributed by atoms with E-state index < -0.39 is 92.7 Å². The van der Waals surface area contributed by atoms with E-state index in [0.29, 0.717) is 13.1 Å². The number of nitrogens with two attached hydrogens (primary N) is 1. The minimum atomic E-state index is -2.79. The van der Waals surface area contributed by atoms with E-state index in [4.69, 9.17) is 5.73 Å². The number of hydrogen-bond donors (Lipinski definition) is 6. The fourth-order valence-corrected chi connectivity index (χ4v) is 7.18. The zero-order chi connectivity index (χ0) is 30.3. The van der Waals surface area contributed by atoms with E-state index in [1.54, 1.807) is 0 Å². The minimum absolute atomic E-state index is 0.0313. The predicted octanol–water partition coefficient (Wildman–Crippen LogP) is 0.465. The third-order valence-electron chi connectivity index (χ3n) is 9.12. The average molecular weight is 573 g/mol. The zero-order valence-electron chi connectivity index (χ0n) is 23.1. The summed E-state index contributed by atoms with van der Waals surface area (Å²) in [4.78, 5) is 55.5. The van der Waals surface area contributed by atoms with Gasteiger partial charge in [0.1, 0.15) is 22.9 Å². The number of halogens is 1. The molecule has 0 radical (unpaired) electrons. The molecule has 0 bridgehead atoms. The number of nitrogens with one attached hydrogen (secondary N) is 1. The Morgan fingerprint density at radius 2 is 1.73 bits per heavy atom. The molecule has 0 fully saturated rings. The van der Waals surface area contributed by atoms with Gasteiger partial charge in [-0.15, -0.1) is 0 Å². The SMILES string of the molecule is CCN(CC)C1Cc2c(F)c3c(c(O)c2NC1=O)C(=O)C1=C(O)[C@]2(O)C(=O)C(C(N)=O)=C(O)[C@@H](N(C)C)[C@@H]2C[C@@H]1C3. The van der Waals surface area contributed by atoms with Crippen molar-refractivity contribution in [3.05, 3.63) is 45.2 Å². The van der Waals surface area contributed by atoms with Gasteiger partial charge in [0, 0.05) is 29.0 Å². The summed E-state index contributed by atoms with van der Waals surface area (Å²) in [6.07, 6.45) is -0.358. The number of likely N-dealkylation sites (N-methyl/N-ethyl adjacent to an activating group) is 2. The average Bonchev–Trinajstić information content (AvgIpc) is 2.90. The Morgan fingerprint density at radius 1 is 1.10 bits per heavy atom. The number of carbonyl (C=O) groups is 4. The number of aromatic hydroxyl groups is 1. The second-order valence-corrected chi connectivity index (χ2v) is 11.3. The van der Waals surface area contributed by atoms with Gasteiger partial charge in [0.2, 0.25) is 11.7 Å². The molecular weight excluding hydrogens is 539 g/mol. The largest absolute Gasteiger partial charge is 0.510 e. The van der Waals surface area contributed by atoms with Crippen molar-refractivity contribution in [3.8, 4) is 5.75 Å². The van der Waals surface area contributed by atoms with Gasteiger partial charge >= 0.3 is 0 Å². The maximum Gasteiger partial charge on any atom is 0.255 e. The first-order valence-corrected chi connectivity index (χ1v) is 13.5. The number of ketones is 2. The molecule has 3 aliphatic carbocycles. The Labute approximate surface area is 234 Å². The lowest BCUT2D eigenvalue weighted by molar-refractivity contribution is -0.148. The van der Waals surface area contributed by atoms with Crippen LogP contribution in [-0.2, 0) is 27.2 Å². The molecule has 1 aliphatic heterocycles. The van der Waals surface area contributed by atoms with Crippen molar-refractivity contribution < 1.29 is 44.0 Å². The van der Waals surface area contributed by atoms with Crippen LogP contribution in [0.5, 0.6) is 5.75 Å². The summed E-state index contributed by atoms with van der Waals surface area (Å²) < 4.78 is 16.2. The van der Waals surface area contributed by atoms with Crippen LogP contribution in [0, 0.1) is 17.7 Å². The summed E-state index contributed by atoms with van der Waals surface area (Å²) >= 11 is 0. The van der Waals surface area contributed by atoms with Crippen LogP contribution in [0.25, 0.3) is 0 Å². The van der Waals surface area contributed by atoms with Gasteiger partial charge in [-0.2, -0.15) is 0 Å². The summed E-state index contributed by atoms with van der Waals surface area (Å²) in [5.41, 5.74) is 0.463. The first kappa shape index (κ1) is 28.7.